The van der Waals surface area contributed by atoms with Crippen LogP contribution in [-0.2, 0) is 4.79 Å². The molecule has 0 bridgehead atoms. The molecule has 1 saturated carbocycles. The molecule has 0 aromatic carbocycles. The van der Waals surface area contributed by atoms with Crippen molar-refractivity contribution in [3.8, 4) is 0 Å². The summed E-state index contributed by atoms with van der Waals surface area (Å²) in [5, 5.41) is 15.1. The van der Waals surface area contributed by atoms with E-state index in [2.05, 4.69) is 10.3 Å². The minimum absolute atomic E-state index is 0.406. The zero-order chi connectivity index (χ0) is 11.6. The highest BCUT2D eigenvalue weighted by molar-refractivity contribution is 7.14. The molecule has 0 radical (unpaired) electrons. The first-order valence-electron chi connectivity index (χ1n) is 5.25. The van der Waals surface area contributed by atoms with Crippen LogP contribution >= 0.6 is 22.9 Å². The Morgan fingerprint density at radius 3 is 2.69 bits per heavy atom. The summed E-state index contributed by atoms with van der Waals surface area (Å²) in [6.45, 7) is 0. The third-order valence-corrected chi connectivity index (χ3v) is 4.02. The Hall–Kier alpha value is -0.810. The van der Waals surface area contributed by atoms with Crippen molar-refractivity contribution < 1.29 is 9.90 Å². The molecule has 0 saturated heterocycles. The van der Waals surface area contributed by atoms with Crippen LogP contribution in [-0.4, -0.2) is 21.6 Å². The van der Waals surface area contributed by atoms with Gasteiger partial charge >= 0.3 is 5.97 Å². The number of thiazole rings is 1. The van der Waals surface area contributed by atoms with E-state index in [4.69, 9.17) is 11.6 Å². The van der Waals surface area contributed by atoms with Gasteiger partial charge in [0.15, 0.2) is 5.13 Å². The minimum atomic E-state index is -0.848. The number of anilines is 1. The molecule has 0 spiro atoms. The number of carbonyl (C=O) groups is 1. The van der Waals surface area contributed by atoms with E-state index in [9.17, 15) is 9.90 Å². The molecule has 16 heavy (non-hydrogen) atoms. The molecular formula is C10H13ClN2O2S. The van der Waals surface area contributed by atoms with Gasteiger partial charge in [0.1, 0.15) is 10.7 Å². The van der Waals surface area contributed by atoms with Crippen molar-refractivity contribution in [3.05, 3.63) is 10.5 Å². The molecule has 1 aromatic rings. The molecule has 1 aliphatic rings. The van der Waals surface area contributed by atoms with E-state index in [1.807, 2.05) is 0 Å². The number of hydrogen-bond donors (Lipinski definition) is 2. The molecule has 2 rings (SSSR count). The van der Waals surface area contributed by atoms with E-state index in [0.29, 0.717) is 23.1 Å². The lowest BCUT2D eigenvalue weighted by Crippen LogP contribution is -2.47. The van der Waals surface area contributed by atoms with Crippen LogP contribution in [0.25, 0.3) is 0 Å². The van der Waals surface area contributed by atoms with Crippen molar-refractivity contribution >= 4 is 34.0 Å². The number of carboxylic acid groups (broad SMARTS) is 1. The van der Waals surface area contributed by atoms with Crippen LogP contribution < -0.4 is 5.32 Å². The largest absolute Gasteiger partial charge is 0.480 e. The first kappa shape index (κ1) is 11.7. The highest BCUT2D eigenvalue weighted by Crippen LogP contribution is 2.33. The SMILES string of the molecule is O=C(O)C1(Nc2nc(Cl)cs2)CCCCC1. The fourth-order valence-electron chi connectivity index (χ4n) is 2.06. The third kappa shape index (κ3) is 2.30. The number of rotatable bonds is 3. The Balaban J connectivity index is 2.16. The van der Waals surface area contributed by atoms with Crippen molar-refractivity contribution in [1.82, 2.24) is 4.98 Å². The average Bonchev–Trinajstić information content (AvgIpc) is 2.65. The van der Waals surface area contributed by atoms with Crippen molar-refractivity contribution in [3.63, 3.8) is 0 Å². The molecule has 0 amide bonds. The summed E-state index contributed by atoms with van der Waals surface area (Å²) < 4.78 is 0. The van der Waals surface area contributed by atoms with E-state index in [0.717, 1.165) is 19.3 Å². The van der Waals surface area contributed by atoms with Crippen molar-refractivity contribution in [2.45, 2.75) is 37.6 Å². The Morgan fingerprint density at radius 2 is 2.19 bits per heavy atom. The predicted octanol–water partition coefficient (Wildman–Crippen LogP) is 3.00. The van der Waals surface area contributed by atoms with Crippen LogP contribution in [0.2, 0.25) is 5.15 Å². The number of hydrogen-bond acceptors (Lipinski definition) is 4. The molecule has 1 aromatic heterocycles. The highest BCUT2D eigenvalue weighted by atomic mass is 35.5. The van der Waals surface area contributed by atoms with Crippen molar-refractivity contribution in [1.29, 1.82) is 0 Å². The van der Waals surface area contributed by atoms with E-state index >= 15 is 0 Å². The second kappa shape index (κ2) is 4.59. The molecular weight excluding hydrogens is 248 g/mol. The maximum Gasteiger partial charge on any atom is 0.329 e. The first-order chi connectivity index (χ1) is 7.62. The molecule has 1 heterocycles. The lowest BCUT2D eigenvalue weighted by Gasteiger charge is -2.33. The number of nitrogens with zero attached hydrogens (tertiary/aromatic N) is 1. The summed E-state index contributed by atoms with van der Waals surface area (Å²) >= 11 is 7.06. The smallest absolute Gasteiger partial charge is 0.329 e. The topological polar surface area (TPSA) is 62.2 Å². The number of aromatic nitrogens is 1. The van der Waals surface area contributed by atoms with Crippen LogP contribution in [0.5, 0.6) is 0 Å². The Labute approximate surface area is 103 Å². The third-order valence-electron chi connectivity index (χ3n) is 2.94. The molecule has 6 heteroatoms. The lowest BCUT2D eigenvalue weighted by atomic mass is 9.82. The van der Waals surface area contributed by atoms with Gasteiger partial charge in [-0.15, -0.1) is 11.3 Å². The Bertz CT molecular complexity index is 388. The normalized spacial score (nSPS) is 19.3. The standard InChI is InChI=1S/C10H13ClN2O2S/c11-7-6-16-9(12-7)13-10(8(14)15)4-2-1-3-5-10/h6H,1-5H2,(H,12,13)(H,14,15). The van der Waals surface area contributed by atoms with E-state index in [1.165, 1.54) is 11.3 Å². The molecule has 4 nitrogen and oxygen atoms in total. The Morgan fingerprint density at radius 1 is 1.50 bits per heavy atom. The maximum atomic E-state index is 11.4. The summed E-state index contributed by atoms with van der Waals surface area (Å²) in [6, 6.07) is 0. The van der Waals surface area contributed by atoms with Gasteiger partial charge in [0.05, 0.1) is 0 Å². The average molecular weight is 261 g/mol. The summed E-state index contributed by atoms with van der Waals surface area (Å²) in [6.07, 6.45) is 4.30. The summed E-state index contributed by atoms with van der Waals surface area (Å²) in [4.78, 5) is 15.4. The molecule has 88 valence electrons. The summed E-state index contributed by atoms with van der Waals surface area (Å²) in [5.74, 6) is -0.793. The molecule has 0 unspecified atom stereocenters. The number of nitrogens with one attached hydrogen (secondary N) is 1. The van der Waals surface area contributed by atoms with E-state index in [-0.39, 0.29) is 0 Å². The molecule has 1 aliphatic carbocycles. The number of aliphatic carboxylic acids is 1. The van der Waals surface area contributed by atoms with Gasteiger partial charge in [0.2, 0.25) is 0 Å². The van der Waals surface area contributed by atoms with Crippen LogP contribution in [0.3, 0.4) is 0 Å². The van der Waals surface area contributed by atoms with Crippen LogP contribution in [0.4, 0.5) is 5.13 Å². The molecule has 0 aliphatic heterocycles. The summed E-state index contributed by atoms with van der Waals surface area (Å²) in [5.41, 5.74) is -0.848. The maximum absolute atomic E-state index is 11.4. The van der Waals surface area contributed by atoms with E-state index < -0.39 is 11.5 Å². The summed E-state index contributed by atoms with van der Waals surface area (Å²) in [7, 11) is 0. The van der Waals surface area contributed by atoms with Gasteiger partial charge in [0, 0.05) is 5.38 Å². The van der Waals surface area contributed by atoms with Gasteiger partial charge in [-0.1, -0.05) is 30.9 Å². The van der Waals surface area contributed by atoms with Gasteiger partial charge < -0.3 is 10.4 Å². The lowest BCUT2D eigenvalue weighted by molar-refractivity contribution is -0.143. The second-order valence-corrected chi connectivity index (χ2v) is 5.29. The zero-order valence-corrected chi connectivity index (χ0v) is 10.3. The van der Waals surface area contributed by atoms with Crippen molar-refractivity contribution in [2.75, 3.05) is 5.32 Å². The van der Waals surface area contributed by atoms with Crippen molar-refractivity contribution in [2.24, 2.45) is 0 Å². The van der Waals surface area contributed by atoms with Gasteiger partial charge in [-0.25, -0.2) is 9.78 Å². The minimum Gasteiger partial charge on any atom is -0.480 e. The zero-order valence-electron chi connectivity index (χ0n) is 8.70. The van der Waals surface area contributed by atoms with Crippen LogP contribution in [0.1, 0.15) is 32.1 Å². The predicted molar refractivity (Wildman–Crippen MR) is 64.2 cm³/mol. The molecule has 1 fully saturated rings. The second-order valence-electron chi connectivity index (χ2n) is 4.05. The Kier molecular flexibility index (Phi) is 3.35. The molecule has 2 N–H and O–H groups in total. The first-order valence-corrected chi connectivity index (χ1v) is 6.51. The fourth-order valence-corrected chi connectivity index (χ4v) is 3.00. The fraction of sp³-hybridized carbons (Fsp3) is 0.600. The molecule has 0 atom stereocenters. The van der Waals surface area contributed by atoms with Gasteiger partial charge in [-0.3, -0.25) is 0 Å². The van der Waals surface area contributed by atoms with Gasteiger partial charge in [0.25, 0.3) is 0 Å². The van der Waals surface area contributed by atoms with Gasteiger partial charge in [-0.05, 0) is 12.8 Å². The number of halogens is 1. The van der Waals surface area contributed by atoms with Gasteiger partial charge in [-0.2, -0.15) is 0 Å². The number of carboxylic acids is 1. The quantitative estimate of drug-likeness (QED) is 0.877. The monoisotopic (exact) mass is 260 g/mol. The highest BCUT2D eigenvalue weighted by Gasteiger charge is 2.40. The van der Waals surface area contributed by atoms with Crippen LogP contribution in [0, 0.1) is 0 Å². The van der Waals surface area contributed by atoms with E-state index in [1.54, 1.807) is 5.38 Å². The van der Waals surface area contributed by atoms with Crippen LogP contribution in [0.15, 0.2) is 5.38 Å².